The van der Waals surface area contributed by atoms with Gasteiger partial charge in [-0.3, -0.25) is 4.57 Å². The fourth-order valence-corrected chi connectivity index (χ4v) is 3.24. The molecule has 0 bridgehead atoms. The van der Waals surface area contributed by atoms with Crippen LogP contribution in [0, 0.1) is 11.7 Å². The standard InChI is InChI=1S/C16H15BrN2S/c1-3-11-9-12(17)5-7-14(11)19-15-6-4-10(2)8-13(15)18-16(19)20/h4-9H,3H2,1-2H3,(H,18,20). The van der Waals surface area contributed by atoms with Crippen LogP contribution >= 0.6 is 28.1 Å². The molecule has 0 aliphatic carbocycles. The highest BCUT2D eigenvalue weighted by Crippen LogP contribution is 2.25. The Morgan fingerprint density at radius 1 is 1.20 bits per heavy atom. The summed E-state index contributed by atoms with van der Waals surface area (Å²) in [4.78, 5) is 3.30. The van der Waals surface area contributed by atoms with Gasteiger partial charge in [-0.25, -0.2) is 0 Å². The van der Waals surface area contributed by atoms with Gasteiger partial charge in [-0.15, -0.1) is 0 Å². The highest BCUT2D eigenvalue weighted by Gasteiger charge is 2.10. The summed E-state index contributed by atoms with van der Waals surface area (Å²) in [6.45, 7) is 4.25. The van der Waals surface area contributed by atoms with Crippen molar-refractivity contribution in [1.29, 1.82) is 0 Å². The highest BCUT2D eigenvalue weighted by molar-refractivity contribution is 9.10. The largest absolute Gasteiger partial charge is 0.330 e. The first kappa shape index (κ1) is 13.6. The smallest absolute Gasteiger partial charge is 0.182 e. The maximum Gasteiger partial charge on any atom is 0.182 e. The molecule has 0 fully saturated rings. The molecule has 0 aliphatic rings. The summed E-state index contributed by atoms with van der Waals surface area (Å²) < 4.78 is 3.96. The molecule has 0 saturated carbocycles. The summed E-state index contributed by atoms with van der Waals surface area (Å²) in [6.07, 6.45) is 0.967. The van der Waals surface area contributed by atoms with E-state index in [1.54, 1.807) is 0 Å². The Labute approximate surface area is 131 Å². The molecule has 0 saturated heterocycles. The van der Waals surface area contributed by atoms with E-state index in [1.165, 1.54) is 11.1 Å². The second kappa shape index (κ2) is 5.19. The van der Waals surface area contributed by atoms with Gasteiger partial charge in [0.25, 0.3) is 0 Å². The Hall–Kier alpha value is -1.39. The molecule has 2 nitrogen and oxygen atoms in total. The minimum Gasteiger partial charge on any atom is -0.330 e. The lowest BCUT2D eigenvalue weighted by Gasteiger charge is -2.11. The molecule has 20 heavy (non-hydrogen) atoms. The van der Waals surface area contributed by atoms with Crippen LogP contribution in [0.5, 0.6) is 0 Å². The number of nitrogens with one attached hydrogen (secondary N) is 1. The average molecular weight is 347 g/mol. The summed E-state index contributed by atoms with van der Waals surface area (Å²) in [7, 11) is 0. The normalized spacial score (nSPS) is 11.2. The summed E-state index contributed by atoms with van der Waals surface area (Å²) in [5.74, 6) is 0. The molecule has 2 aromatic carbocycles. The van der Waals surface area contributed by atoms with Gasteiger partial charge in [0.2, 0.25) is 0 Å². The van der Waals surface area contributed by atoms with Crippen molar-refractivity contribution in [2.24, 2.45) is 0 Å². The van der Waals surface area contributed by atoms with E-state index in [2.05, 4.69) is 75.7 Å². The molecular weight excluding hydrogens is 332 g/mol. The maximum absolute atomic E-state index is 5.51. The Bertz CT molecular complexity index is 845. The number of benzene rings is 2. The SMILES string of the molecule is CCc1cc(Br)ccc1-n1c(=S)[nH]c2cc(C)ccc21. The van der Waals surface area contributed by atoms with E-state index in [0.717, 1.165) is 32.4 Å². The summed E-state index contributed by atoms with van der Waals surface area (Å²) >= 11 is 9.05. The molecule has 0 atom stereocenters. The van der Waals surface area contributed by atoms with Crippen molar-refractivity contribution in [3.63, 3.8) is 0 Å². The number of nitrogens with zero attached hydrogens (tertiary/aromatic N) is 1. The third kappa shape index (κ3) is 2.23. The van der Waals surface area contributed by atoms with Crippen molar-refractivity contribution in [3.05, 3.63) is 56.8 Å². The van der Waals surface area contributed by atoms with E-state index in [0.29, 0.717) is 0 Å². The van der Waals surface area contributed by atoms with Gasteiger partial charge in [0.15, 0.2) is 4.77 Å². The quantitative estimate of drug-likeness (QED) is 0.622. The van der Waals surface area contributed by atoms with Gasteiger partial charge >= 0.3 is 0 Å². The zero-order valence-corrected chi connectivity index (χ0v) is 13.8. The minimum atomic E-state index is 0.739. The van der Waals surface area contributed by atoms with Gasteiger partial charge < -0.3 is 4.98 Å². The average Bonchev–Trinajstić information content (AvgIpc) is 2.73. The Morgan fingerprint density at radius 3 is 2.75 bits per heavy atom. The van der Waals surface area contributed by atoms with Gasteiger partial charge in [-0.2, -0.15) is 0 Å². The monoisotopic (exact) mass is 346 g/mol. The predicted molar refractivity (Wildman–Crippen MR) is 90.3 cm³/mol. The number of hydrogen-bond donors (Lipinski definition) is 1. The number of halogens is 1. The van der Waals surface area contributed by atoms with E-state index in [1.807, 2.05) is 0 Å². The first-order valence-corrected chi connectivity index (χ1v) is 7.80. The van der Waals surface area contributed by atoms with E-state index in [4.69, 9.17) is 12.2 Å². The Kier molecular flexibility index (Phi) is 3.52. The van der Waals surface area contributed by atoms with Crippen molar-refractivity contribution < 1.29 is 0 Å². The topological polar surface area (TPSA) is 20.7 Å². The van der Waals surface area contributed by atoms with Crippen LogP contribution in [-0.2, 0) is 6.42 Å². The maximum atomic E-state index is 5.51. The first-order chi connectivity index (χ1) is 9.60. The number of aromatic nitrogens is 2. The molecule has 0 unspecified atom stereocenters. The van der Waals surface area contributed by atoms with E-state index < -0.39 is 0 Å². The van der Waals surface area contributed by atoms with Crippen LogP contribution in [0.3, 0.4) is 0 Å². The summed E-state index contributed by atoms with van der Waals surface area (Å²) in [5.41, 5.74) is 5.86. The molecule has 1 aromatic heterocycles. The molecule has 0 aliphatic heterocycles. The van der Waals surface area contributed by atoms with Crippen molar-refractivity contribution in [2.45, 2.75) is 20.3 Å². The van der Waals surface area contributed by atoms with Crippen LogP contribution in [0.15, 0.2) is 40.9 Å². The molecule has 3 aromatic rings. The lowest BCUT2D eigenvalue weighted by Crippen LogP contribution is -1.99. The molecule has 102 valence electrons. The zero-order valence-electron chi connectivity index (χ0n) is 11.4. The number of H-pyrrole nitrogens is 1. The van der Waals surface area contributed by atoms with Crippen LogP contribution in [0.2, 0.25) is 0 Å². The number of aryl methyl sites for hydroxylation is 2. The van der Waals surface area contributed by atoms with Crippen LogP contribution in [0.1, 0.15) is 18.1 Å². The molecular formula is C16H15BrN2S. The number of aromatic amines is 1. The number of hydrogen-bond acceptors (Lipinski definition) is 1. The van der Waals surface area contributed by atoms with Crippen molar-refractivity contribution in [2.75, 3.05) is 0 Å². The van der Waals surface area contributed by atoms with E-state index in [-0.39, 0.29) is 0 Å². The Morgan fingerprint density at radius 2 is 2.00 bits per heavy atom. The lowest BCUT2D eigenvalue weighted by atomic mass is 10.1. The van der Waals surface area contributed by atoms with Gasteiger partial charge in [-0.1, -0.05) is 28.9 Å². The molecule has 4 heteroatoms. The molecule has 0 amide bonds. The molecule has 0 spiro atoms. The fourth-order valence-electron chi connectivity index (χ4n) is 2.52. The molecule has 1 N–H and O–H groups in total. The molecule has 3 rings (SSSR count). The minimum absolute atomic E-state index is 0.739. The van der Waals surface area contributed by atoms with Gasteiger partial charge in [0.05, 0.1) is 16.7 Å². The second-order valence-corrected chi connectivity index (χ2v) is 6.22. The van der Waals surface area contributed by atoms with Crippen molar-refractivity contribution in [1.82, 2.24) is 9.55 Å². The van der Waals surface area contributed by atoms with E-state index >= 15 is 0 Å². The van der Waals surface area contributed by atoms with Crippen LogP contribution < -0.4 is 0 Å². The molecule has 0 radical (unpaired) electrons. The van der Waals surface area contributed by atoms with Gasteiger partial charge in [0.1, 0.15) is 0 Å². The Balaban J connectivity index is 2.35. The lowest BCUT2D eigenvalue weighted by molar-refractivity contribution is 1.01. The predicted octanol–water partition coefficient (Wildman–Crippen LogP) is 5.32. The van der Waals surface area contributed by atoms with Crippen LogP contribution in [0.25, 0.3) is 16.7 Å². The molecule has 1 heterocycles. The zero-order chi connectivity index (χ0) is 14.3. The summed E-state index contributed by atoms with van der Waals surface area (Å²) in [5, 5.41) is 0. The van der Waals surface area contributed by atoms with Crippen LogP contribution in [-0.4, -0.2) is 9.55 Å². The fraction of sp³-hybridized carbons (Fsp3) is 0.188. The van der Waals surface area contributed by atoms with Crippen LogP contribution in [0.4, 0.5) is 0 Å². The van der Waals surface area contributed by atoms with E-state index in [9.17, 15) is 0 Å². The number of rotatable bonds is 2. The second-order valence-electron chi connectivity index (χ2n) is 4.91. The first-order valence-electron chi connectivity index (χ1n) is 6.60. The number of fused-ring (bicyclic) bond motifs is 1. The number of imidazole rings is 1. The third-order valence-corrected chi connectivity index (χ3v) is 4.28. The third-order valence-electron chi connectivity index (χ3n) is 3.50. The van der Waals surface area contributed by atoms with Gasteiger partial charge in [-0.05, 0) is 67.0 Å². The highest BCUT2D eigenvalue weighted by atomic mass is 79.9. The van der Waals surface area contributed by atoms with Crippen molar-refractivity contribution in [3.8, 4) is 5.69 Å². The van der Waals surface area contributed by atoms with Gasteiger partial charge in [0, 0.05) is 4.47 Å². The summed E-state index contributed by atoms with van der Waals surface area (Å²) in [6, 6.07) is 12.7. The van der Waals surface area contributed by atoms with Crippen molar-refractivity contribution >= 4 is 39.2 Å².